The Morgan fingerprint density at radius 2 is 1.56 bits per heavy atom. The fraction of sp³-hybridized carbons (Fsp3) is 0.176. The van der Waals surface area contributed by atoms with Crippen LogP contribution in [0.5, 0.6) is 0 Å². The van der Waals surface area contributed by atoms with E-state index in [-0.39, 0.29) is 29.1 Å². The summed E-state index contributed by atoms with van der Waals surface area (Å²) in [4.78, 5) is 24.1. The second-order valence-electron chi connectivity index (χ2n) is 5.26. The molecule has 2 aromatic carbocycles. The molecule has 0 spiro atoms. The highest BCUT2D eigenvalue weighted by molar-refractivity contribution is 6.37. The Labute approximate surface area is 165 Å². The minimum Gasteiger partial charge on any atom is -0.348 e. The highest BCUT2D eigenvalue weighted by Crippen LogP contribution is 2.26. The molecule has 132 valence electrons. The van der Waals surface area contributed by atoms with Crippen LogP contribution >= 0.6 is 46.4 Å². The van der Waals surface area contributed by atoms with Crippen LogP contribution < -0.4 is 10.6 Å². The number of carbonyl (C=O) groups is 2. The van der Waals surface area contributed by atoms with E-state index < -0.39 is 5.91 Å². The lowest BCUT2D eigenvalue weighted by Crippen LogP contribution is -2.38. The Kier molecular flexibility index (Phi) is 6.96. The largest absolute Gasteiger partial charge is 0.348 e. The zero-order valence-electron chi connectivity index (χ0n) is 13.1. The second kappa shape index (κ2) is 8.77. The highest BCUT2D eigenvalue weighted by atomic mass is 35.5. The smallest absolute Gasteiger partial charge is 0.253 e. The third kappa shape index (κ3) is 5.51. The number of carbonyl (C=O) groups excluding carboxylic acids is 2. The van der Waals surface area contributed by atoms with Crippen molar-refractivity contribution in [3.63, 3.8) is 0 Å². The molecule has 0 aromatic heterocycles. The molecule has 1 unspecified atom stereocenters. The number of amides is 2. The van der Waals surface area contributed by atoms with Crippen LogP contribution in [0.25, 0.3) is 0 Å². The molecule has 0 saturated heterocycles. The minimum atomic E-state index is -0.464. The van der Waals surface area contributed by atoms with Crippen molar-refractivity contribution in [2.75, 3.05) is 6.54 Å². The van der Waals surface area contributed by atoms with Gasteiger partial charge in [-0.3, -0.25) is 9.59 Å². The summed E-state index contributed by atoms with van der Waals surface area (Å²) >= 11 is 23.7. The van der Waals surface area contributed by atoms with Gasteiger partial charge in [-0.15, -0.1) is 0 Å². The summed E-state index contributed by atoms with van der Waals surface area (Å²) in [6.07, 6.45) is 0. The molecule has 2 N–H and O–H groups in total. The third-order valence-electron chi connectivity index (χ3n) is 3.39. The Balaban J connectivity index is 1.92. The van der Waals surface area contributed by atoms with Gasteiger partial charge in [0.05, 0.1) is 23.2 Å². The molecule has 0 saturated carbocycles. The van der Waals surface area contributed by atoms with Gasteiger partial charge in [-0.05, 0) is 42.8 Å². The second-order valence-corrected chi connectivity index (χ2v) is 6.95. The van der Waals surface area contributed by atoms with Crippen LogP contribution in [0.2, 0.25) is 20.1 Å². The Hall–Kier alpha value is -1.46. The molecule has 0 aliphatic heterocycles. The Morgan fingerprint density at radius 3 is 2.16 bits per heavy atom. The summed E-state index contributed by atoms with van der Waals surface area (Å²) in [5.41, 5.74) is 0.971. The molecule has 1 atom stereocenters. The molecule has 2 rings (SSSR count). The normalized spacial score (nSPS) is 11.7. The van der Waals surface area contributed by atoms with E-state index in [1.165, 1.54) is 12.1 Å². The first-order valence-electron chi connectivity index (χ1n) is 7.25. The maximum atomic E-state index is 12.1. The van der Waals surface area contributed by atoms with Crippen LogP contribution in [0.3, 0.4) is 0 Å². The standard InChI is InChI=1S/C17H14Cl4N2O2/c1-9(12-4-2-10(18)6-14(12)20)23-16(24)8-22-17(25)13-5-3-11(19)7-15(13)21/h2-7,9H,8H2,1H3,(H,22,25)(H,23,24). The van der Waals surface area contributed by atoms with Crippen LogP contribution in [0.15, 0.2) is 36.4 Å². The topological polar surface area (TPSA) is 58.2 Å². The monoisotopic (exact) mass is 418 g/mol. The number of rotatable bonds is 5. The molecule has 0 heterocycles. The molecule has 25 heavy (non-hydrogen) atoms. The molecule has 0 fully saturated rings. The van der Waals surface area contributed by atoms with Crippen molar-refractivity contribution in [3.8, 4) is 0 Å². The van der Waals surface area contributed by atoms with Gasteiger partial charge in [-0.1, -0.05) is 52.5 Å². The molecule has 0 radical (unpaired) electrons. The van der Waals surface area contributed by atoms with Crippen molar-refractivity contribution in [1.82, 2.24) is 10.6 Å². The van der Waals surface area contributed by atoms with Crippen molar-refractivity contribution in [1.29, 1.82) is 0 Å². The average Bonchev–Trinajstić information content (AvgIpc) is 2.52. The molecule has 2 aromatic rings. The van der Waals surface area contributed by atoms with Crippen LogP contribution in [-0.2, 0) is 4.79 Å². The fourth-order valence-electron chi connectivity index (χ4n) is 2.15. The number of nitrogens with one attached hydrogen (secondary N) is 2. The first-order valence-corrected chi connectivity index (χ1v) is 8.76. The maximum absolute atomic E-state index is 12.1. The van der Waals surface area contributed by atoms with Crippen molar-refractivity contribution < 1.29 is 9.59 Å². The Bertz CT molecular complexity index is 811. The van der Waals surface area contributed by atoms with E-state index in [1.807, 2.05) is 0 Å². The summed E-state index contributed by atoms with van der Waals surface area (Å²) in [6, 6.07) is 9.19. The molecule has 8 heteroatoms. The zero-order chi connectivity index (χ0) is 18.6. The van der Waals surface area contributed by atoms with Crippen LogP contribution in [0.1, 0.15) is 28.9 Å². The van der Waals surface area contributed by atoms with Gasteiger partial charge in [0.25, 0.3) is 5.91 Å². The van der Waals surface area contributed by atoms with E-state index in [2.05, 4.69) is 10.6 Å². The predicted octanol–water partition coefficient (Wildman–Crippen LogP) is 4.91. The summed E-state index contributed by atoms with van der Waals surface area (Å²) in [7, 11) is 0. The quantitative estimate of drug-likeness (QED) is 0.723. The first kappa shape index (κ1) is 19.9. The van der Waals surface area contributed by atoms with Gasteiger partial charge in [0.1, 0.15) is 0 Å². The third-order valence-corrected chi connectivity index (χ3v) is 4.50. The maximum Gasteiger partial charge on any atom is 0.253 e. The van der Waals surface area contributed by atoms with Gasteiger partial charge in [0.15, 0.2) is 0 Å². The van der Waals surface area contributed by atoms with Crippen molar-refractivity contribution >= 4 is 58.2 Å². The minimum absolute atomic E-state index is 0.201. The number of benzene rings is 2. The van der Waals surface area contributed by atoms with E-state index in [0.29, 0.717) is 15.1 Å². The lowest BCUT2D eigenvalue weighted by atomic mass is 10.1. The summed E-state index contributed by atoms with van der Waals surface area (Å²) in [5.74, 6) is -0.828. The SMILES string of the molecule is CC(NC(=O)CNC(=O)c1ccc(Cl)cc1Cl)c1ccc(Cl)cc1Cl. The summed E-state index contributed by atoms with van der Waals surface area (Å²) in [5, 5.41) is 6.87. The van der Waals surface area contributed by atoms with E-state index >= 15 is 0 Å². The molecule has 4 nitrogen and oxygen atoms in total. The number of hydrogen-bond donors (Lipinski definition) is 2. The van der Waals surface area contributed by atoms with Crippen molar-refractivity contribution in [2.45, 2.75) is 13.0 Å². The number of hydrogen-bond acceptors (Lipinski definition) is 2. The summed E-state index contributed by atoms with van der Waals surface area (Å²) in [6.45, 7) is 1.58. The lowest BCUT2D eigenvalue weighted by molar-refractivity contribution is -0.120. The van der Waals surface area contributed by atoms with Crippen molar-refractivity contribution in [3.05, 3.63) is 67.6 Å². The average molecular weight is 420 g/mol. The van der Waals surface area contributed by atoms with Gasteiger partial charge >= 0.3 is 0 Å². The van der Waals surface area contributed by atoms with Crippen LogP contribution in [0.4, 0.5) is 0 Å². The van der Waals surface area contributed by atoms with E-state index in [9.17, 15) is 9.59 Å². The van der Waals surface area contributed by atoms with E-state index in [4.69, 9.17) is 46.4 Å². The molecule has 0 bridgehead atoms. The van der Waals surface area contributed by atoms with E-state index in [1.54, 1.807) is 31.2 Å². The zero-order valence-corrected chi connectivity index (χ0v) is 16.1. The summed E-state index contributed by atoms with van der Waals surface area (Å²) < 4.78 is 0. The van der Waals surface area contributed by atoms with Crippen LogP contribution in [0, 0.1) is 0 Å². The van der Waals surface area contributed by atoms with Gasteiger partial charge in [0, 0.05) is 15.1 Å². The van der Waals surface area contributed by atoms with Crippen LogP contribution in [-0.4, -0.2) is 18.4 Å². The van der Waals surface area contributed by atoms with Gasteiger partial charge in [0.2, 0.25) is 5.91 Å². The van der Waals surface area contributed by atoms with Crippen molar-refractivity contribution in [2.24, 2.45) is 0 Å². The molecule has 0 aliphatic carbocycles. The van der Waals surface area contributed by atoms with E-state index in [0.717, 1.165) is 5.56 Å². The molecule has 2 amide bonds. The fourth-order valence-corrected chi connectivity index (χ4v) is 3.22. The van der Waals surface area contributed by atoms with Gasteiger partial charge < -0.3 is 10.6 Å². The number of halogens is 4. The predicted molar refractivity (Wildman–Crippen MR) is 102 cm³/mol. The van der Waals surface area contributed by atoms with Gasteiger partial charge in [-0.2, -0.15) is 0 Å². The first-order chi connectivity index (χ1) is 11.8. The molecular formula is C17H14Cl4N2O2. The Morgan fingerprint density at radius 1 is 0.960 bits per heavy atom. The highest BCUT2D eigenvalue weighted by Gasteiger charge is 2.15. The molecular weight excluding hydrogens is 406 g/mol. The lowest BCUT2D eigenvalue weighted by Gasteiger charge is -2.16. The van der Waals surface area contributed by atoms with Gasteiger partial charge in [-0.25, -0.2) is 0 Å². The molecule has 0 aliphatic rings.